The van der Waals surface area contributed by atoms with Crippen molar-refractivity contribution in [2.75, 3.05) is 49.6 Å². The van der Waals surface area contributed by atoms with Crippen LogP contribution in [-0.2, 0) is 4.74 Å². The van der Waals surface area contributed by atoms with E-state index in [1.165, 1.54) is 6.42 Å². The molecule has 6 nitrogen and oxygen atoms in total. The third kappa shape index (κ3) is 3.48. The minimum Gasteiger partial charge on any atom is -0.379 e. The molecular formula is C17H25N5O. The molecule has 0 aromatic carbocycles. The Labute approximate surface area is 137 Å². The summed E-state index contributed by atoms with van der Waals surface area (Å²) in [5.41, 5.74) is 0. The summed E-state index contributed by atoms with van der Waals surface area (Å²) < 4.78 is 5.53. The van der Waals surface area contributed by atoms with Crippen LogP contribution in [0.4, 0.5) is 11.8 Å². The monoisotopic (exact) mass is 315 g/mol. The van der Waals surface area contributed by atoms with Crippen molar-refractivity contribution in [1.29, 1.82) is 0 Å². The molecule has 1 N–H and O–H groups in total. The van der Waals surface area contributed by atoms with Crippen molar-refractivity contribution in [3.05, 3.63) is 24.4 Å². The average Bonchev–Trinajstić information content (AvgIpc) is 3.28. The molecule has 3 aliphatic heterocycles. The van der Waals surface area contributed by atoms with E-state index < -0.39 is 0 Å². The smallest absolute Gasteiger partial charge is 0.227 e. The Morgan fingerprint density at radius 3 is 2.96 bits per heavy atom. The SMILES string of the molecule is C1=CCN([C@H]2CCN(c3nccc(N[C@H]4CCCOC4)n3)C2)C1. The van der Waals surface area contributed by atoms with Crippen molar-refractivity contribution >= 4 is 11.8 Å². The van der Waals surface area contributed by atoms with Crippen LogP contribution >= 0.6 is 0 Å². The predicted octanol–water partition coefficient (Wildman–Crippen LogP) is 1.52. The molecule has 23 heavy (non-hydrogen) atoms. The Bertz CT molecular complexity index is 550. The third-order valence-electron chi connectivity index (χ3n) is 4.96. The highest BCUT2D eigenvalue weighted by Gasteiger charge is 2.29. The summed E-state index contributed by atoms with van der Waals surface area (Å²) in [6.07, 6.45) is 9.84. The molecule has 1 aromatic heterocycles. The minimum atomic E-state index is 0.369. The number of aromatic nitrogens is 2. The quantitative estimate of drug-likeness (QED) is 0.850. The lowest BCUT2D eigenvalue weighted by Gasteiger charge is -2.25. The lowest BCUT2D eigenvalue weighted by Crippen LogP contribution is -2.36. The Morgan fingerprint density at radius 2 is 2.13 bits per heavy atom. The first kappa shape index (κ1) is 14.9. The molecule has 0 bridgehead atoms. The molecule has 2 atom stereocenters. The second-order valence-corrected chi connectivity index (χ2v) is 6.61. The second-order valence-electron chi connectivity index (χ2n) is 6.61. The number of hydrogen-bond acceptors (Lipinski definition) is 6. The van der Waals surface area contributed by atoms with Gasteiger partial charge in [0.1, 0.15) is 5.82 Å². The van der Waals surface area contributed by atoms with Gasteiger partial charge in [0.2, 0.25) is 5.95 Å². The van der Waals surface area contributed by atoms with Crippen LogP contribution in [0.1, 0.15) is 19.3 Å². The van der Waals surface area contributed by atoms with Crippen molar-refractivity contribution in [3.63, 3.8) is 0 Å². The number of rotatable bonds is 4. The second kappa shape index (κ2) is 6.84. The zero-order valence-electron chi connectivity index (χ0n) is 13.5. The summed E-state index contributed by atoms with van der Waals surface area (Å²) in [6.45, 7) is 5.89. The van der Waals surface area contributed by atoms with E-state index in [4.69, 9.17) is 9.72 Å². The van der Waals surface area contributed by atoms with Crippen molar-refractivity contribution < 1.29 is 4.74 Å². The fourth-order valence-electron chi connectivity index (χ4n) is 3.66. The van der Waals surface area contributed by atoms with Gasteiger partial charge in [-0.2, -0.15) is 4.98 Å². The van der Waals surface area contributed by atoms with Crippen molar-refractivity contribution in [1.82, 2.24) is 14.9 Å². The van der Waals surface area contributed by atoms with Gasteiger partial charge in [0.05, 0.1) is 12.6 Å². The van der Waals surface area contributed by atoms with E-state index in [0.717, 1.165) is 64.0 Å². The van der Waals surface area contributed by atoms with Crippen molar-refractivity contribution in [3.8, 4) is 0 Å². The van der Waals surface area contributed by atoms with Crippen LogP contribution in [0.25, 0.3) is 0 Å². The predicted molar refractivity (Wildman–Crippen MR) is 90.8 cm³/mol. The Kier molecular flexibility index (Phi) is 4.43. The molecule has 0 spiro atoms. The summed E-state index contributed by atoms with van der Waals surface area (Å²) in [4.78, 5) is 14.0. The Hall–Kier alpha value is -1.66. The summed E-state index contributed by atoms with van der Waals surface area (Å²) in [5, 5.41) is 3.49. The van der Waals surface area contributed by atoms with Crippen molar-refractivity contribution in [2.24, 2.45) is 0 Å². The molecule has 6 heteroatoms. The Balaban J connectivity index is 1.38. The zero-order chi connectivity index (χ0) is 15.5. The fourth-order valence-corrected chi connectivity index (χ4v) is 3.66. The molecule has 0 amide bonds. The first-order chi connectivity index (χ1) is 11.4. The maximum absolute atomic E-state index is 5.53. The van der Waals surface area contributed by atoms with Crippen LogP contribution in [0.5, 0.6) is 0 Å². The maximum atomic E-state index is 5.53. The van der Waals surface area contributed by atoms with Gasteiger partial charge in [-0.25, -0.2) is 4.98 Å². The summed E-state index contributed by atoms with van der Waals surface area (Å²) in [7, 11) is 0. The first-order valence-corrected chi connectivity index (χ1v) is 8.70. The number of nitrogens with zero attached hydrogens (tertiary/aromatic N) is 4. The van der Waals surface area contributed by atoms with Crippen LogP contribution in [0.2, 0.25) is 0 Å². The molecule has 2 saturated heterocycles. The largest absolute Gasteiger partial charge is 0.379 e. The molecule has 4 rings (SSSR count). The number of ether oxygens (including phenoxy) is 1. The number of anilines is 2. The van der Waals surface area contributed by atoms with E-state index in [-0.39, 0.29) is 0 Å². The van der Waals surface area contributed by atoms with Crippen LogP contribution in [0.15, 0.2) is 24.4 Å². The van der Waals surface area contributed by atoms with Crippen LogP contribution in [0.3, 0.4) is 0 Å². The number of nitrogens with one attached hydrogen (secondary N) is 1. The molecule has 2 fully saturated rings. The highest BCUT2D eigenvalue weighted by Crippen LogP contribution is 2.22. The lowest BCUT2D eigenvalue weighted by atomic mass is 10.1. The normalized spacial score (nSPS) is 28.4. The first-order valence-electron chi connectivity index (χ1n) is 8.70. The van der Waals surface area contributed by atoms with Gasteiger partial charge in [-0.15, -0.1) is 0 Å². The molecular weight excluding hydrogens is 290 g/mol. The highest BCUT2D eigenvalue weighted by molar-refractivity contribution is 5.43. The van der Waals surface area contributed by atoms with Crippen LogP contribution in [-0.4, -0.2) is 66.3 Å². The average molecular weight is 315 g/mol. The standard InChI is InChI=1S/C17H25N5O/c1-2-9-21(8-1)15-6-10-22(12-15)17-18-7-5-16(20-17)19-14-4-3-11-23-13-14/h1-2,5,7,14-15H,3-4,6,8-13H2,(H,18,19,20)/t14-,15-/m0/s1. The molecule has 124 valence electrons. The van der Waals surface area contributed by atoms with Gasteiger partial charge in [0.25, 0.3) is 0 Å². The van der Waals surface area contributed by atoms with E-state index in [1.807, 2.05) is 12.3 Å². The molecule has 0 radical (unpaired) electrons. The fraction of sp³-hybridized carbons (Fsp3) is 0.647. The van der Waals surface area contributed by atoms with Gasteiger partial charge >= 0.3 is 0 Å². The maximum Gasteiger partial charge on any atom is 0.227 e. The zero-order valence-corrected chi connectivity index (χ0v) is 13.5. The molecule has 4 heterocycles. The van der Waals surface area contributed by atoms with E-state index in [1.54, 1.807) is 0 Å². The molecule has 0 aliphatic carbocycles. The summed E-state index contributed by atoms with van der Waals surface area (Å²) in [5.74, 6) is 1.76. The van der Waals surface area contributed by atoms with Gasteiger partial charge in [-0.05, 0) is 25.3 Å². The van der Waals surface area contributed by atoms with Gasteiger partial charge in [-0.3, -0.25) is 4.90 Å². The number of hydrogen-bond donors (Lipinski definition) is 1. The topological polar surface area (TPSA) is 53.5 Å². The molecule has 0 saturated carbocycles. The summed E-state index contributed by atoms with van der Waals surface area (Å²) in [6, 6.07) is 2.95. The van der Waals surface area contributed by atoms with Crippen molar-refractivity contribution in [2.45, 2.75) is 31.3 Å². The van der Waals surface area contributed by atoms with Gasteiger partial charge in [0, 0.05) is 45.0 Å². The lowest BCUT2D eigenvalue weighted by molar-refractivity contribution is 0.0875. The molecule has 0 unspecified atom stereocenters. The van der Waals surface area contributed by atoms with E-state index in [0.29, 0.717) is 12.1 Å². The van der Waals surface area contributed by atoms with Crippen LogP contribution < -0.4 is 10.2 Å². The van der Waals surface area contributed by atoms with Gasteiger partial charge in [0.15, 0.2) is 0 Å². The molecule has 3 aliphatic rings. The van der Waals surface area contributed by atoms with E-state index >= 15 is 0 Å². The van der Waals surface area contributed by atoms with E-state index in [2.05, 4.69) is 32.3 Å². The summed E-state index contributed by atoms with van der Waals surface area (Å²) >= 11 is 0. The van der Waals surface area contributed by atoms with Gasteiger partial charge in [-0.1, -0.05) is 12.2 Å². The van der Waals surface area contributed by atoms with Crippen LogP contribution in [0, 0.1) is 0 Å². The third-order valence-corrected chi connectivity index (χ3v) is 4.96. The highest BCUT2D eigenvalue weighted by atomic mass is 16.5. The Morgan fingerprint density at radius 1 is 1.22 bits per heavy atom. The van der Waals surface area contributed by atoms with Gasteiger partial charge < -0.3 is 15.0 Å². The minimum absolute atomic E-state index is 0.369. The molecule has 1 aromatic rings. The van der Waals surface area contributed by atoms with E-state index in [9.17, 15) is 0 Å².